The highest BCUT2D eigenvalue weighted by Crippen LogP contribution is 2.28. The van der Waals surface area contributed by atoms with E-state index in [1.54, 1.807) is 0 Å². The Morgan fingerprint density at radius 2 is 0.947 bits per heavy atom. The van der Waals surface area contributed by atoms with Crippen molar-refractivity contribution in [3.8, 4) is 0 Å². The molecule has 0 aromatic rings. The van der Waals surface area contributed by atoms with Crippen LogP contribution in [-0.4, -0.2) is 0 Å². The summed E-state index contributed by atoms with van der Waals surface area (Å²) in [6.45, 7) is 9.30. The van der Waals surface area contributed by atoms with Gasteiger partial charge in [0.25, 0.3) is 0 Å². The van der Waals surface area contributed by atoms with Crippen LogP contribution in [0.4, 0.5) is 0 Å². The molecule has 1 radical (unpaired) electrons. The van der Waals surface area contributed by atoms with Gasteiger partial charge in [-0.05, 0) is 18.3 Å². The molecule has 0 aromatic heterocycles. The van der Waals surface area contributed by atoms with Gasteiger partial charge in [0.1, 0.15) is 0 Å². The first kappa shape index (κ1) is 19.0. The van der Waals surface area contributed by atoms with E-state index in [1.165, 1.54) is 77.0 Å². The van der Waals surface area contributed by atoms with Gasteiger partial charge in [-0.3, -0.25) is 0 Å². The summed E-state index contributed by atoms with van der Waals surface area (Å²) in [5.41, 5.74) is 0. The van der Waals surface area contributed by atoms with Crippen LogP contribution < -0.4 is 0 Å². The van der Waals surface area contributed by atoms with Crippen molar-refractivity contribution in [2.24, 2.45) is 11.8 Å². The molecule has 0 amide bonds. The fourth-order valence-electron chi connectivity index (χ4n) is 3.11. The summed E-state index contributed by atoms with van der Waals surface area (Å²) in [6.07, 6.45) is 19.6. The standard InChI is InChI=1S/C19H39/c1-5-9-11-15-18(13-7-3)17-19(14-8-4)16-12-10-6-2/h17-19H,5-16H2,1-4H3. The Kier molecular flexibility index (Phi) is 14.4. The minimum atomic E-state index is 0.898. The molecule has 0 aliphatic carbocycles. The molecule has 0 aromatic carbocycles. The Labute approximate surface area is 123 Å². The van der Waals surface area contributed by atoms with Gasteiger partial charge < -0.3 is 0 Å². The Morgan fingerprint density at radius 3 is 1.26 bits per heavy atom. The molecule has 2 unspecified atom stereocenters. The second-order valence-corrected chi connectivity index (χ2v) is 6.28. The largest absolute Gasteiger partial charge is 0.0654 e. The van der Waals surface area contributed by atoms with E-state index in [9.17, 15) is 0 Å². The Bertz CT molecular complexity index is 143. The highest BCUT2D eigenvalue weighted by Gasteiger charge is 2.15. The maximum absolute atomic E-state index is 2.75. The van der Waals surface area contributed by atoms with Crippen molar-refractivity contribution in [3.63, 3.8) is 0 Å². The maximum atomic E-state index is 2.75. The SMILES string of the molecule is CCCCCC([CH]C(CCC)CCCCC)CCC. The summed E-state index contributed by atoms with van der Waals surface area (Å²) in [5, 5.41) is 0. The summed E-state index contributed by atoms with van der Waals surface area (Å²) in [4.78, 5) is 0. The first-order valence-electron chi connectivity index (χ1n) is 9.13. The molecule has 0 spiro atoms. The molecule has 0 N–H and O–H groups in total. The topological polar surface area (TPSA) is 0 Å². The smallest absolute Gasteiger partial charge is 0.0324 e. The van der Waals surface area contributed by atoms with Crippen molar-refractivity contribution >= 4 is 0 Å². The molecule has 0 nitrogen and oxygen atoms in total. The highest BCUT2D eigenvalue weighted by molar-refractivity contribution is 4.83. The van der Waals surface area contributed by atoms with Crippen LogP contribution in [0.2, 0.25) is 0 Å². The quantitative estimate of drug-likeness (QED) is 0.292. The van der Waals surface area contributed by atoms with Crippen molar-refractivity contribution in [2.45, 2.75) is 105 Å². The highest BCUT2D eigenvalue weighted by atomic mass is 14.2. The lowest BCUT2D eigenvalue weighted by Crippen LogP contribution is -2.11. The molecule has 0 aliphatic rings. The monoisotopic (exact) mass is 267 g/mol. The molecule has 0 saturated heterocycles. The minimum absolute atomic E-state index is 0.898. The first-order valence-corrected chi connectivity index (χ1v) is 9.13. The molecular weight excluding hydrogens is 228 g/mol. The number of unbranched alkanes of at least 4 members (excludes halogenated alkanes) is 4. The lowest BCUT2D eigenvalue weighted by Gasteiger charge is -2.23. The molecular formula is C19H39. The van der Waals surface area contributed by atoms with Gasteiger partial charge in [0, 0.05) is 0 Å². The van der Waals surface area contributed by atoms with Crippen LogP contribution in [0.25, 0.3) is 0 Å². The maximum Gasteiger partial charge on any atom is -0.0324 e. The molecule has 0 bridgehead atoms. The molecule has 19 heavy (non-hydrogen) atoms. The van der Waals surface area contributed by atoms with Gasteiger partial charge in [-0.25, -0.2) is 0 Å². The van der Waals surface area contributed by atoms with Crippen LogP contribution in [0.5, 0.6) is 0 Å². The number of hydrogen-bond acceptors (Lipinski definition) is 0. The van der Waals surface area contributed by atoms with Gasteiger partial charge in [0.15, 0.2) is 0 Å². The van der Waals surface area contributed by atoms with E-state index in [0.29, 0.717) is 0 Å². The third kappa shape index (κ3) is 11.5. The first-order chi connectivity index (χ1) is 9.28. The Balaban J connectivity index is 4.05. The molecule has 0 heteroatoms. The van der Waals surface area contributed by atoms with E-state index in [2.05, 4.69) is 34.1 Å². The van der Waals surface area contributed by atoms with Gasteiger partial charge in [-0.1, -0.05) is 105 Å². The molecule has 115 valence electrons. The fourth-order valence-corrected chi connectivity index (χ4v) is 3.11. The average molecular weight is 268 g/mol. The Hall–Kier alpha value is 0. The van der Waals surface area contributed by atoms with Gasteiger partial charge in [0.2, 0.25) is 0 Å². The zero-order chi connectivity index (χ0) is 14.3. The molecule has 0 fully saturated rings. The third-order valence-electron chi connectivity index (χ3n) is 4.22. The van der Waals surface area contributed by atoms with E-state index < -0.39 is 0 Å². The van der Waals surface area contributed by atoms with E-state index in [1.807, 2.05) is 0 Å². The zero-order valence-electron chi connectivity index (χ0n) is 14.2. The van der Waals surface area contributed by atoms with Crippen molar-refractivity contribution in [1.82, 2.24) is 0 Å². The zero-order valence-corrected chi connectivity index (χ0v) is 14.2. The lowest BCUT2D eigenvalue weighted by molar-refractivity contribution is 0.382. The molecule has 0 saturated carbocycles. The van der Waals surface area contributed by atoms with Gasteiger partial charge in [-0.2, -0.15) is 0 Å². The summed E-state index contributed by atoms with van der Waals surface area (Å²) >= 11 is 0. The van der Waals surface area contributed by atoms with Crippen LogP contribution in [-0.2, 0) is 0 Å². The summed E-state index contributed by atoms with van der Waals surface area (Å²) in [7, 11) is 0. The van der Waals surface area contributed by atoms with E-state index in [-0.39, 0.29) is 0 Å². The van der Waals surface area contributed by atoms with E-state index in [4.69, 9.17) is 0 Å². The minimum Gasteiger partial charge on any atom is -0.0654 e. The van der Waals surface area contributed by atoms with Crippen LogP contribution in [0.3, 0.4) is 0 Å². The van der Waals surface area contributed by atoms with Gasteiger partial charge in [0.05, 0.1) is 0 Å². The molecule has 2 atom stereocenters. The predicted octanol–water partition coefficient (Wildman–Crippen LogP) is 7.18. The van der Waals surface area contributed by atoms with E-state index in [0.717, 1.165) is 11.8 Å². The van der Waals surface area contributed by atoms with Crippen LogP contribution >= 0.6 is 0 Å². The van der Waals surface area contributed by atoms with E-state index >= 15 is 0 Å². The average Bonchev–Trinajstić information content (AvgIpc) is 2.39. The molecule has 0 aliphatic heterocycles. The summed E-state index contributed by atoms with van der Waals surface area (Å²) in [5.74, 6) is 1.80. The number of rotatable bonds is 14. The summed E-state index contributed by atoms with van der Waals surface area (Å²) in [6, 6.07) is 0. The van der Waals surface area contributed by atoms with Crippen molar-refractivity contribution in [2.75, 3.05) is 0 Å². The normalized spacial score (nSPS) is 14.5. The summed E-state index contributed by atoms with van der Waals surface area (Å²) < 4.78 is 0. The van der Waals surface area contributed by atoms with Crippen molar-refractivity contribution in [3.05, 3.63) is 6.42 Å². The fraction of sp³-hybridized carbons (Fsp3) is 0.947. The van der Waals surface area contributed by atoms with Crippen molar-refractivity contribution in [1.29, 1.82) is 0 Å². The van der Waals surface area contributed by atoms with Gasteiger partial charge in [-0.15, -0.1) is 0 Å². The van der Waals surface area contributed by atoms with Gasteiger partial charge >= 0.3 is 0 Å². The third-order valence-corrected chi connectivity index (χ3v) is 4.22. The number of hydrogen-bond donors (Lipinski definition) is 0. The van der Waals surface area contributed by atoms with Crippen molar-refractivity contribution < 1.29 is 0 Å². The van der Waals surface area contributed by atoms with Crippen LogP contribution in [0, 0.1) is 18.3 Å². The second kappa shape index (κ2) is 14.4. The van der Waals surface area contributed by atoms with Crippen LogP contribution in [0.15, 0.2) is 0 Å². The van der Waals surface area contributed by atoms with Crippen LogP contribution in [0.1, 0.15) is 105 Å². The molecule has 0 heterocycles. The molecule has 0 rings (SSSR count). The lowest BCUT2D eigenvalue weighted by atomic mass is 9.83. The predicted molar refractivity (Wildman–Crippen MR) is 89.4 cm³/mol. The second-order valence-electron chi connectivity index (χ2n) is 6.28. The Morgan fingerprint density at radius 1 is 0.526 bits per heavy atom.